The van der Waals surface area contributed by atoms with Crippen molar-refractivity contribution in [2.24, 2.45) is 5.10 Å². The molecule has 0 aliphatic carbocycles. The number of nitriles is 1. The van der Waals surface area contributed by atoms with Crippen LogP contribution in [0.4, 0.5) is 0 Å². The van der Waals surface area contributed by atoms with E-state index >= 15 is 0 Å². The maximum absolute atomic E-state index is 11.6. The molecule has 0 bridgehead atoms. The Hall–Kier alpha value is -3.33. The number of carbonyl (C=O) groups is 1. The van der Waals surface area contributed by atoms with E-state index in [0.717, 1.165) is 11.3 Å². The molecule has 1 amide bonds. The van der Waals surface area contributed by atoms with Crippen LogP contribution in [0.1, 0.15) is 18.1 Å². The average molecular weight is 323 g/mol. The first kappa shape index (κ1) is 17.0. The lowest BCUT2D eigenvalue weighted by Gasteiger charge is -2.04. The molecule has 0 spiro atoms. The second-order valence-electron chi connectivity index (χ2n) is 4.72. The Balaban J connectivity index is 1.76. The van der Waals surface area contributed by atoms with Crippen molar-refractivity contribution in [2.45, 2.75) is 6.92 Å². The number of benzene rings is 2. The molecule has 0 unspecified atom stereocenters. The van der Waals surface area contributed by atoms with Crippen LogP contribution >= 0.6 is 0 Å². The molecule has 0 aliphatic heterocycles. The van der Waals surface area contributed by atoms with Crippen LogP contribution in [0.5, 0.6) is 11.5 Å². The number of rotatable bonds is 7. The minimum absolute atomic E-state index is 0.160. The van der Waals surface area contributed by atoms with Gasteiger partial charge in [-0.3, -0.25) is 4.79 Å². The van der Waals surface area contributed by atoms with E-state index < -0.39 is 0 Å². The molecule has 0 aromatic heterocycles. The van der Waals surface area contributed by atoms with Gasteiger partial charge in [-0.05, 0) is 61.0 Å². The van der Waals surface area contributed by atoms with Gasteiger partial charge in [-0.1, -0.05) is 0 Å². The summed E-state index contributed by atoms with van der Waals surface area (Å²) in [5, 5.41) is 12.6. The van der Waals surface area contributed by atoms with E-state index in [1.807, 2.05) is 37.3 Å². The summed E-state index contributed by atoms with van der Waals surface area (Å²) in [5.74, 6) is 0.927. The van der Waals surface area contributed by atoms with Crippen molar-refractivity contribution < 1.29 is 14.3 Å². The average Bonchev–Trinajstić information content (AvgIpc) is 2.62. The summed E-state index contributed by atoms with van der Waals surface area (Å²) in [6.07, 6.45) is 1.54. The maximum Gasteiger partial charge on any atom is 0.277 e. The number of amides is 1. The number of ether oxygens (including phenoxy) is 2. The molecule has 24 heavy (non-hydrogen) atoms. The fraction of sp³-hybridized carbons (Fsp3) is 0.167. The molecule has 6 nitrogen and oxygen atoms in total. The predicted molar refractivity (Wildman–Crippen MR) is 90.0 cm³/mol. The summed E-state index contributed by atoms with van der Waals surface area (Å²) in [6.45, 7) is 2.38. The molecule has 0 heterocycles. The van der Waals surface area contributed by atoms with Crippen molar-refractivity contribution in [2.75, 3.05) is 13.2 Å². The highest BCUT2D eigenvalue weighted by atomic mass is 16.5. The first-order valence-electron chi connectivity index (χ1n) is 7.39. The van der Waals surface area contributed by atoms with Gasteiger partial charge in [0.25, 0.3) is 5.91 Å². The van der Waals surface area contributed by atoms with Crippen molar-refractivity contribution in [3.05, 3.63) is 59.7 Å². The molecule has 0 atom stereocenters. The predicted octanol–water partition coefficient (Wildman–Crippen LogP) is 2.49. The lowest BCUT2D eigenvalue weighted by atomic mass is 10.2. The van der Waals surface area contributed by atoms with Gasteiger partial charge in [-0.2, -0.15) is 10.4 Å². The molecular weight excluding hydrogens is 306 g/mol. The molecule has 0 saturated heterocycles. The van der Waals surface area contributed by atoms with Crippen molar-refractivity contribution in [1.29, 1.82) is 5.26 Å². The summed E-state index contributed by atoms with van der Waals surface area (Å²) in [6, 6.07) is 15.9. The van der Waals surface area contributed by atoms with Gasteiger partial charge in [-0.15, -0.1) is 0 Å². The van der Waals surface area contributed by atoms with Gasteiger partial charge in [0.1, 0.15) is 11.5 Å². The van der Waals surface area contributed by atoms with Crippen LogP contribution in [0.3, 0.4) is 0 Å². The van der Waals surface area contributed by atoms with E-state index in [1.54, 1.807) is 24.3 Å². The van der Waals surface area contributed by atoms with E-state index in [2.05, 4.69) is 10.5 Å². The summed E-state index contributed by atoms with van der Waals surface area (Å²) in [4.78, 5) is 11.6. The van der Waals surface area contributed by atoms with Gasteiger partial charge in [0.05, 0.1) is 24.5 Å². The summed E-state index contributed by atoms with van der Waals surface area (Å²) in [5.41, 5.74) is 3.76. The third-order valence-electron chi connectivity index (χ3n) is 2.95. The largest absolute Gasteiger partial charge is 0.494 e. The monoisotopic (exact) mass is 323 g/mol. The van der Waals surface area contributed by atoms with Gasteiger partial charge in [0.2, 0.25) is 0 Å². The molecule has 122 valence electrons. The zero-order chi connectivity index (χ0) is 17.2. The van der Waals surface area contributed by atoms with E-state index in [0.29, 0.717) is 17.9 Å². The van der Waals surface area contributed by atoms with Crippen LogP contribution < -0.4 is 14.9 Å². The van der Waals surface area contributed by atoms with Crippen LogP contribution in [0.2, 0.25) is 0 Å². The van der Waals surface area contributed by atoms with Crippen LogP contribution in [0, 0.1) is 11.3 Å². The highest BCUT2D eigenvalue weighted by Crippen LogP contribution is 2.11. The SMILES string of the molecule is CCOc1ccc(/C=N\NC(=O)COc2ccc(C#N)cc2)cc1. The number of hydrogen-bond acceptors (Lipinski definition) is 5. The van der Waals surface area contributed by atoms with Crippen LogP contribution in [-0.2, 0) is 4.79 Å². The maximum atomic E-state index is 11.6. The molecule has 0 radical (unpaired) electrons. The standard InChI is InChI=1S/C18H17N3O3/c1-2-23-16-9-5-15(6-10-16)12-20-21-18(22)13-24-17-7-3-14(11-19)4-8-17/h3-10,12H,2,13H2,1H3,(H,21,22)/b20-12-. The van der Waals surface area contributed by atoms with Crippen molar-refractivity contribution >= 4 is 12.1 Å². The second kappa shape index (κ2) is 8.96. The van der Waals surface area contributed by atoms with E-state index in [1.165, 1.54) is 6.21 Å². The summed E-state index contributed by atoms with van der Waals surface area (Å²) in [7, 11) is 0. The molecule has 2 rings (SSSR count). The number of hydrogen-bond donors (Lipinski definition) is 1. The Bertz CT molecular complexity index is 732. The third-order valence-corrected chi connectivity index (χ3v) is 2.95. The van der Waals surface area contributed by atoms with Crippen LogP contribution in [0.15, 0.2) is 53.6 Å². The van der Waals surface area contributed by atoms with Crippen LogP contribution in [-0.4, -0.2) is 25.3 Å². The van der Waals surface area contributed by atoms with Crippen molar-refractivity contribution in [1.82, 2.24) is 5.43 Å². The minimum Gasteiger partial charge on any atom is -0.494 e. The topological polar surface area (TPSA) is 83.7 Å². The highest BCUT2D eigenvalue weighted by molar-refractivity contribution is 5.83. The highest BCUT2D eigenvalue weighted by Gasteiger charge is 2.01. The Morgan fingerprint density at radius 3 is 2.38 bits per heavy atom. The van der Waals surface area contributed by atoms with Gasteiger partial charge in [0.15, 0.2) is 6.61 Å². The number of nitrogens with zero attached hydrogens (tertiary/aromatic N) is 2. The Kier molecular flexibility index (Phi) is 6.35. The number of carbonyl (C=O) groups excluding carboxylic acids is 1. The van der Waals surface area contributed by atoms with Gasteiger partial charge in [0, 0.05) is 0 Å². The molecule has 0 saturated carbocycles. The summed E-state index contributed by atoms with van der Waals surface area (Å²) >= 11 is 0. The van der Waals surface area contributed by atoms with Crippen molar-refractivity contribution in [3.8, 4) is 17.6 Å². The van der Waals surface area contributed by atoms with Gasteiger partial charge < -0.3 is 9.47 Å². The fourth-order valence-corrected chi connectivity index (χ4v) is 1.80. The van der Waals surface area contributed by atoms with E-state index in [4.69, 9.17) is 14.7 Å². The van der Waals surface area contributed by atoms with Gasteiger partial charge >= 0.3 is 0 Å². The first-order valence-corrected chi connectivity index (χ1v) is 7.39. The summed E-state index contributed by atoms with van der Waals surface area (Å²) < 4.78 is 10.6. The smallest absolute Gasteiger partial charge is 0.277 e. The quantitative estimate of drug-likeness (QED) is 0.627. The molecule has 0 fully saturated rings. The van der Waals surface area contributed by atoms with Crippen molar-refractivity contribution in [3.63, 3.8) is 0 Å². The molecule has 0 aliphatic rings. The van der Waals surface area contributed by atoms with Crippen LogP contribution in [0.25, 0.3) is 0 Å². The molecule has 2 aromatic rings. The Morgan fingerprint density at radius 2 is 1.75 bits per heavy atom. The Morgan fingerprint density at radius 1 is 1.12 bits per heavy atom. The third kappa shape index (κ3) is 5.46. The molecule has 2 aromatic carbocycles. The minimum atomic E-state index is -0.374. The first-order chi connectivity index (χ1) is 11.7. The molecule has 1 N–H and O–H groups in total. The zero-order valence-corrected chi connectivity index (χ0v) is 13.2. The van der Waals surface area contributed by atoms with E-state index in [9.17, 15) is 4.79 Å². The number of nitrogens with one attached hydrogen (secondary N) is 1. The normalized spacial score (nSPS) is 10.2. The molecule has 6 heteroatoms. The van der Waals surface area contributed by atoms with E-state index in [-0.39, 0.29) is 12.5 Å². The Labute approximate surface area is 140 Å². The fourth-order valence-electron chi connectivity index (χ4n) is 1.80. The zero-order valence-electron chi connectivity index (χ0n) is 13.2. The lowest BCUT2D eigenvalue weighted by molar-refractivity contribution is -0.123. The molecular formula is C18H17N3O3. The second-order valence-corrected chi connectivity index (χ2v) is 4.72. The number of hydrazone groups is 1. The lowest BCUT2D eigenvalue weighted by Crippen LogP contribution is -2.24. The van der Waals surface area contributed by atoms with Gasteiger partial charge in [-0.25, -0.2) is 5.43 Å².